The van der Waals surface area contributed by atoms with Crippen molar-refractivity contribution in [1.29, 1.82) is 0 Å². The van der Waals surface area contributed by atoms with Crippen LogP contribution in [0.2, 0.25) is 5.28 Å². The Bertz CT molecular complexity index is 654. The highest BCUT2D eigenvalue weighted by Gasteiger charge is 2.22. The van der Waals surface area contributed by atoms with Crippen molar-refractivity contribution in [3.05, 3.63) is 49.8 Å². The van der Waals surface area contributed by atoms with E-state index >= 15 is 0 Å². The lowest BCUT2D eigenvalue weighted by atomic mass is 10.4. The standard InChI is InChI=1S/C11H7BrClN3O2S/c1-6-9(16(17)18)10(15-11(13)14-6)19-8-4-2-3-7(12)5-8/h2-5H,1H3. The maximum absolute atomic E-state index is 11.1. The summed E-state index contributed by atoms with van der Waals surface area (Å²) in [7, 11) is 0. The van der Waals surface area contributed by atoms with E-state index in [9.17, 15) is 10.1 Å². The molecule has 2 aromatic rings. The molecule has 0 unspecified atom stereocenters. The summed E-state index contributed by atoms with van der Waals surface area (Å²) in [6.45, 7) is 1.54. The molecular formula is C11H7BrClN3O2S. The molecule has 98 valence electrons. The SMILES string of the molecule is Cc1nc(Cl)nc(Sc2cccc(Br)c2)c1[N+](=O)[O-]. The van der Waals surface area contributed by atoms with Crippen LogP contribution in [0.5, 0.6) is 0 Å². The van der Waals surface area contributed by atoms with Gasteiger partial charge in [-0.1, -0.05) is 33.8 Å². The highest BCUT2D eigenvalue weighted by molar-refractivity contribution is 9.10. The second kappa shape index (κ2) is 5.85. The van der Waals surface area contributed by atoms with Gasteiger partial charge in [-0.2, -0.15) is 0 Å². The number of aryl methyl sites for hydroxylation is 1. The molecule has 0 radical (unpaired) electrons. The van der Waals surface area contributed by atoms with Crippen LogP contribution < -0.4 is 0 Å². The summed E-state index contributed by atoms with van der Waals surface area (Å²) in [5.41, 5.74) is 0.136. The van der Waals surface area contributed by atoms with Crippen LogP contribution in [-0.2, 0) is 0 Å². The number of nitrogens with zero attached hydrogens (tertiary/aromatic N) is 3. The summed E-state index contributed by atoms with van der Waals surface area (Å²) < 4.78 is 0.886. The number of nitro groups is 1. The van der Waals surface area contributed by atoms with Crippen molar-refractivity contribution in [2.24, 2.45) is 0 Å². The van der Waals surface area contributed by atoms with Gasteiger partial charge in [0.15, 0.2) is 5.03 Å². The van der Waals surface area contributed by atoms with E-state index in [1.807, 2.05) is 24.3 Å². The highest BCUT2D eigenvalue weighted by atomic mass is 79.9. The van der Waals surface area contributed by atoms with E-state index in [4.69, 9.17) is 11.6 Å². The molecule has 0 spiro atoms. The Morgan fingerprint density at radius 1 is 1.42 bits per heavy atom. The average molecular weight is 361 g/mol. The van der Waals surface area contributed by atoms with Crippen molar-refractivity contribution in [3.63, 3.8) is 0 Å². The zero-order chi connectivity index (χ0) is 14.0. The van der Waals surface area contributed by atoms with Crippen LogP contribution in [0.4, 0.5) is 5.69 Å². The largest absolute Gasteiger partial charge is 0.322 e. The molecule has 5 nitrogen and oxygen atoms in total. The number of aromatic nitrogens is 2. The maximum Gasteiger partial charge on any atom is 0.322 e. The molecule has 1 aromatic heterocycles. The smallest absolute Gasteiger partial charge is 0.258 e. The van der Waals surface area contributed by atoms with Gasteiger partial charge in [0.2, 0.25) is 5.28 Å². The molecule has 19 heavy (non-hydrogen) atoms. The average Bonchev–Trinajstić information content (AvgIpc) is 2.26. The van der Waals surface area contributed by atoms with Gasteiger partial charge in [0.1, 0.15) is 5.69 Å². The summed E-state index contributed by atoms with van der Waals surface area (Å²) in [5, 5.41) is 11.3. The number of hydrogen-bond donors (Lipinski definition) is 0. The molecule has 0 saturated carbocycles. The Morgan fingerprint density at radius 2 is 2.16 bits per heavy atom. The minimum atomic E-state index is -0.494. The van der Waals surface area contributed by atoms with Crippen molar-refractivity contribution < 1.29 is 4.92 Å². The second-order valence-electron chi connectivity index (χ2n) is 3.55. The van der Waals surface area contributed by atoms with E-state index in [-0.39, 0.29) is 21.7 Å². The zero-order valence-corrected chi connectivity index (χ0v) is 12.8. The molecule has 2 rings (SSSR count). The van der Waals surface area contributed by atoms with E-state index < -0.39 is 4.92 Å². The maximum atomic E-state index is 11.1. The number of benzene rings is 1. The Balaban J connectivity index is 2.47. The normalized spacial score (nSPS) is 10.5. The molecule has 1 heterocycles. The van der Waals surface area contributed by atoms with E-state index in [1.54, 1.807) is 0 Å². The minimum Gasteiger partial charge on any atom is -0.258 e. The molecule has 8 heteroatoms. The molecule has 0 aliphatic carbocycles. The van der Waals surface area contributed by atoms with Crippen molar-refractivity contribution in [3.8, 4) is 0 Å². The first-order valence-corrected chi connectivity index (χ1v) is 7.08. The van der Waals surface area contributed by atoms with E-state index in [0.29, 0.717) is 0 Å². The summed E-state index contributed by atoms with van der Waals surface area (Å²) in [6, 6.07) is 7.40. The van der Waals surface area contributed by atoms with Crippen LogP contribution in [-0.4, -0.2) is 14.9 Å². The molecule has 0 amide bonds. The van der Waals surface area contributed by atoms with Crippen LogP contribution >= 0.6 is 39.3 Å². The number of halogens is 2. The third-order valence-corrected chi connectivity index (χ3v) is 3.82. The lowest BCUT2D eigenvalue weighted by Crippen LogP contribution is -2.00. The number of rotatable bonds is 3. The molecule has 0 aliphatic heterocycles. The van der Waals surface area contributed by atoms with E-state index in [1.165, 1.54) is 18.7 Å². The van der Waals surface area contributed by atoms with Gasteiger partial charge >= 0.3 is 5.69 Å². The minimum absolute atomic E-state index is 0.000553. The Morgan fingerprint density at radius 3 is 2.79 bits per heavy atom. The second-order valence-corrected chi connectivity index (χ2v) is 5.86. The van der Waals surface area contributed by atoms with Gasteiger partial charge < -0.3 is 0 Å². The molecule has 0 bridgehead atoms. The first-order valence-electron chi connectivity index (χ1n) is 5.09. The summed E-state index contributed by atoms with van der Waals surface area (Å²) in [4.78, 5) is 19.1. The zero-order valence-electron chi connectivity index (χ0n) is 9.63. The monoisotopic (exact) mass is 359 g/mol. The predicted molar refractivity (Wildman–Crippen MR) is 76.7 cm³/mol. The van der Waals surface area contributed by atoms with Crippen molar-refractivity contribution in [1.82, 2.24) is 9.97 Å². The molecule has 0 saturated heterocycles. The highest BCUT2D eigenvalue weighted by Crippen LogP contribution is 2.36. The Hall–Kier alpha value is -1.18. The predicted octanol–water partition coefficient (Wildman–Crippen LogP) is 4.26. The van der Waals surface area contributed by atoms with Crippen LogP contribution in [0.3, 0.4) is 0 Å². The first kappa shape index (κ1) is 14.2. The molecule has 0 atom stereocenters. The fourth-order valence-electron chi connectivity index (χ4n) is 1.43. The molecule has 0 aliphatic rings. The van der Waals surface area contributed by atoms with Crippen LogP contribution in [0, 0.1) is 17.0 Å². The van der Waals surface area contributed by atoms with Gasteiger partial charge in [0.05, 0.1) is 4.92 Å². The van der Waals surface area contributed by atoms with Crippen LogP contribution in [0.1, 0.15) is 5.69 Å². The summed E-state index contributed by atoms with van der Waals surface area (Å²) in [6.07, 6.45) is 0. The van der Waals surface area contributed by atoms with E-state index in [2.05, 4.69) is 25.9 Å². The van der Waals surface area contributed by atoms with Crippen LogP contribution in [0.25, 0.3) is 0 Å². The molecule has 0 N–H and O–H groups in total. The fraction of sp³-hybridized carbons (Fsp3) is 0.0909. The molecule has 0 fully saturated rings. The van der Waals surface area contributed by atoms with Gasteiger partial charge in [-0.15, -0.1) is 0 Å². The fourth-order valence-corrected chi connectivity index (χ4v) is 3.25. The van der Waals surface area contributed by atoms with Gasteiger partial charge in [-0.25, -0.2) is 9.97 Å². The van der Waals surface area contributed by atoms with Gasteiger partial charge in [-0.05, 0) is 36.7 Å². The first-order chi connectivity index (χ1) is 8.97. The van der Waals surface area contributed by atoms with Gasteiger partial charge in [0.25, 0.3) is 0 Å². The summed E-state index contributed by atoms with van der Waals surface area (Å²) in [5.74, 6) is 0. The topological polar surface area (TPSA) is 68.9 Å². The van der Waals surface area contributed by atoms with Gasteiger partial charge in [0, 0.05) is 9.37 Å². The summed E-state index contributed by atoms with van der Waals surface area (Å²) >= 11 is 10.3. The number of hydrogen-bond acceptors (Lipinski definition) is 5. The Labute approximate surface area is 126 Å². The Kier molecular flexibility index (Phi) is 4.38. The lowest BCUT2D eigenvalue weighted by Gasteiger charge is -2.04. The molecule has 1 aromatic carbocycles. The van der Waals surface area contributed by atoms with Crippen molar-refractivity contribution in [2.45, 2.75) is 16.8 Å². The lowest BCUT2D eigenvalue weighted by molar-refractivity contribution is -0.389. The third-order valence-electron chi connectivity index (χ3n) is 2.19. The van der Waals surface area contributed by atoms with Crippen LogP contribution in [0.15, 0.2) is 38.7 Å². The van der Waals surface area contributed by atoms with Crippen molar-refractivity contribution >= 4 is 45.0 Å². The third kappa shape index (κ3) is 3.43. The van der Waals surface area contributed by atoms with Crippen molar-refractivity contribution in [2.75, 3.05) is 0 Å². The molecular weight excluding hydrogens is 354 g/mol. The van der Waals surface area contributed by atoms with E-state index in [0.717, 1.165) is 9.37 Å². The van der Waals surface area contributed by atoms with Gasteiger partial charge in [-0.3, -0.25) is 10.1 Å². The quantitative estimate of drug-likeness (QED) is 0.354.